The lowest BCUT2D eigenvalue weighted by Gasteiger charge is -2.14. The average Bonchev–Trinajstić information content (AvgIpc) is 3.15. The minimum absolute atomic E-state index is 0.155. The van der Waals surface area contributed by atoms with E-state index in [1.807, 2.05) is 6.08 Å². The number of ether oxygens (including phenoxy) is 1. The molecule has 0 saturated heterocycles. The Balaban J connectivity index is 4.38. The van der Waals surface area contributed by atoms with Gasteiger partial charge in [0.15, 0.2) is 0 Å². The van der Waals surface area contributed by atoms with Crippen molar-refractivity contribution in [1.82, 2.24) is 10.6 Å². The van der Waals surface area contributed by atoms with Crippen LogP contribution in [0.1, 0.15) is 149 Å². The van der Waals surface area contributed by atoms with Crippen molar-refractivity contribution in [1.29, 1.82) is 0 Å². The number of carbonyl (C=O) groups excluding carboxylic acids is 3. The van der Waals surface area contributed by atoms with Gasteiger partial charge in [0.1, 0.15) is 12.1 Å². The Morgan fingerprint density at radius 2 is 1.13 bits per heavy atom. The Labute approximate surface area is 326 Å². The molecule has 0 saturated carbocycles. The highest BCUT2D eigenvalue weighted by atomic mass is 16.5. The number of amides is 2. The molecule has 0 rings (SSSR count). The zero-order valence-electron chi connectivity index (χ0n) is 33.4. The number of aliphatic hydroxyl groups is 1. The van der Waals surface area contributed by atoms with E-state index in [9.17, 15) is 19.2 Å². The van der Waals surface area contributed by atoms with Gasteiger partial charge in [0.2, 0.25) is 11.8 Å². The van der Waals surface area contributed by atoms with Crippen molar-refractivity contribution in [2.45, 2.75) is 161 Å². The van der Waals surface area contributed by atoms with E-state index in [1.165, 1.54) is 19.3 Å². The molecule has 0 aromatic heterocycles. The summed E-state index contributed by atoms with van der Waals surface area (Å²) in [6, 6.07) is -1.39. The maximum Gasteiger partial charge on any atom is 0.328 e. The number of aliphatic hydroxyl groups excluding tert-OH is 1. The lowest BCUT2D eigenvalue weighted by molar-refractivity contribution is -0.147. The lowest BCUT2D eigenvalue weighted by atomic mass is 10.1. The third-order valence-electron chi connectivity index (χ3n) is 8.36. The lowest BCUT2D eigenvalue weighted by Crippen LogP contribution is -2.47. The zero-order valence-corrected chi connectivity index (χ0v) is 33.4. The predicted octanol–water partition coefficient (Wildman–Crippen LogP) is 9.70. The van der Waals surface area contributed by atoms with Crippen molar-refractivity contribution in [3.05, 3.63) is 85.1 Å². The molecule has 0 aromatic carbocycles. The molecule has 304 valence electrons. The summed E-state index contributed by atoms with van der Waals surface area (Å²) in [5.41, 5.74) is 0. The van der Waals surface area contributed by atoms with Crippen LogP contribution in [0.15, 0.2) is 85.1 Å². The Kier molecular flexibility index (Phi) is 35.9. The Hall–Kier alpha value is -3.98. The molecule has 0 aliphatic carbocycles. The number of carboxylic acids is 1. The van der Waals surface area contributed by atoms with E-state index in [2.05, 4.69) is 103 Å². The minimum Gasteiger partial charge on any atom is -0.480 e. The second-order valence-corrected chi connectivity index (χ2v) is 13.3. The number of hydrogen-bond donors (Lipinski definition) is 4. The Morgan fingerprint density at radius 3 is 1.70 bits per heavy atom. The number of carbonyl (C=O) groups is 4. The summed E-state index contributed by atoms with van der Waals surface area (Å²) < 4.78 is 5.88. The van der Waals surface area contributed by atoms with Gasteiger partial charge in [-0.05, 0) is 89.5 Å². The van der Waals surface area contributed by atoms with Gasteiger partial charge in [-0.25, -0.2) is 4.79 Å². The van der Waals surface area contributed by atoms with Gasteiger partial charge in [-0.15, -0.1) is 0 Å². The smallest absolute Gasteiger partial charge is 0.328 e. The van der Waals surface area contributed by atoms with Crippen LogP contribution in [-0.2, 0) is 23.9 Å². The molecule has 0 heterocycles. The van der Waals surface area contributed by atoms with Gasteiger partial charge in [-0.2, -0.15) is 0 Å². The van der Waals surface area contributed by atoms with Crippen LogP contribution in [-0.4, -0.2) is 59.3 Å². The third-order valence-corrected chi connectivity index (χ3v) is 8.36. The summed E-state index contributed by atoms with van der Waals surface area (Å²) in [5, 5.41) is 22.5. The molecule has 0 radical (unpaired) electrons. The van der Waals surface area contributed by atoms with Gasteiger partial charge in [-0.1, -0.05) is 131 Å². The number of unbranched alkanes of at least 4 members (excludes halogenated alkanes) is 9. The highest BCUT2D eigenvalue weighted by Gasteiger charge is 2.18. The van der Waals surface area contributed by atoms with Crippen molar-refractivity contribution >= 4 is 23.8 Å². The highest BCUT2D eigenvalue weighted by molar-refractivity contribution is 5.87. The van der Waals surface area contributed by atoms with Crippen LogP contribution in [0.5, 0.6) is 0 Å². The fourth-order valence-corrected chi connectivity index (χ4v) is 5.23. The van der Waals surface area contributed by atoms with Crippen LogP contribution >= 0.6 is 0 Å². The first-order valence-electron chi connectivity index (χ1n) is 20.5. The normalized spacial score (nSPS) is 13.4. The van der Waals surface area contributed by atoms with Crippen LogP contribution < -0.4 is 10.6 Å². The molecule has 2 unspecified atom stereocenters. The van der Waals surface area contributed by atoms with Crippen LogP contribution in [0.2, 0.25) is 0 Å². The van der Waals surface area contributed by atoms with Crippen LogP contribution in [0, 0.1) is 0 Å². The van der Waals surface area contributed by atoms with Crippen molar-refractivity contribution in [2.75, 3.05) is 13.2 Å². The molecule has 9 heteroatoms. The molecule has 0 aliphatic heterocycles. The van der Waals surface area contributed by atoms with Crippen molar-refractivity contribution in [3.63, 3.8) is 0 Å². The Bertz CT molecular complexity index is 1180. The van der Waals surface area contributed by atoms with Crippen LogP contribution in [0.4, 0.5) is 0 Å². The first-order valence-corrected chi connectivity index (χ1v) is 20.5. The van der Waals surface area contributed by atoms with Crippen molar-refractivity contribution in [2.24, 2.45) is 0 Å². The highest BCUT2D eigenvalue weighted by Crippen LogP contribution is 2.14. The van der Waals surface area contributed by atoms with E-state index in [1.54, 1.807) is 0 Å². The fourth-order valence-electron chi connectivity index (χ4n) is 5.23. The van der Waals surface area contributed by atoms with Gasteiger partial charge >= 0.3 is 11.9 Å². The number of esters is 1. The summed E-state index contributed by atoms with van der Waals surface area (Å²) in [4.78, 5) is 47.3. The maximum atomic E-state index is 12.7. The van der Waals surface area contributed by atoms with E-state index >= 15 is 0 Å². The number of rotatable bonds is 35. The van der Waals surface area contributed by atoms with Gasteiger partial charge in [-0.3, -0.25) is 14.4 Å². The summed E-state index contributed by atoms with van der Waals surface area (Å²) in [6.07, 6.45) is 49.2. The predicted molar refractivity (Wildman–Crippen MR) is 222 cm³/mol. The Morgan fingerprint density at radius 1 is 0.593 bits per heavy atom. The molecule has 2 atom stereocenters. The maximum absolute atomic E-state index is 12.7. The monoisotopic (exact) mass is 753 g/mol. The molecular weight excluding hydrogens is 681 g/mol. The molecule has 9 nitrogen and oxygen atoms in total. The largest absolute Gasteiger partial charge is 0.480 e. The first-order chi connectivity index (χ1) is 26.3. The number of carboxylic acid groups (broad SMARTS) is 1. The summed E-state index contributed by atoms with van der Waals surface area (Å²) in [6.45, 7) is 3.30. The zero-order chi connectivity index (χ0) is 39.7. The molecule has 0 aliphatic rings. The molecule has 0 fully saturated rings. The van der Waals surface area contributed by atoms with Crippen molar-refractivity contribution < 1.29 is 34.1 Å². The summed E-state index contributed by atoms with van der Waals surface area (Å²) in [7, 11) is 0. The van der Waals surface area contributed by atoms with Gasteiger partial charge in [0, 0.05) is 12.8 Å². The van der Waals surface area contributed by atoms with Crippen LogP contribution in [0.25, 0.3) is 0 Å². The summed E-state index contributed by atoms with van der Waals surface area (Å²) in [5.74, 6) is -2.43. The first kappa shape index (κ1) is 50.0. The van der Waals surface area contributed by atoms with Gasteiger partial charge in [0.25, 0.3) is 0 Å². The van der Waals surface area contributed by atoms with Gasteiger partial charge < -0.3 is 25.6 Å². The fraction of sp³-hybridized carbons (Fsp3) is 0.600. The van der Waals surface area contributed by atoms with Crippen molar-refractivity contribution in [3.8, 4) is 0 Å². The number of aliphatic carboxylic acids is 1. The van der Waals surface area contributed by atoms with E-state index in [0.29, 0.717) is 12.8 Å². The average molecular weight is 753 g/mol. The van der Waals surface area contributed by atoms with E-state index in [0.717, 1.165) is 96.3 Å². The molecule has 54 heavy (non-hydrogen) atoms. The van der Waals surface area contributed by atoms with Crippen LogP contribution in [0.3, 0.4) is 0 Å². The third kappa shape index (κ3) is 35.1. The standard InChI is InChI=1S/C45H72N2O7/c1-3-5-7-9-11-13-14-15-16-17-18-19-20-21-23-29-33-37-44(51)54-40(34-30-26-22-12-10-8-6-4-2)35-31-27-24-25-28-32-36-42(49)46-38-43(50)47-41(39-48)45(52)53/h5,7,11-13,15-16,18-19,21-23,30,34,40-41,48H,3-4,6,8-10,14,17,20,24-29,31-33,35-39H2,1-2H3,(H,46,49)(H,47,50)(H,52,53)/b7-5-,13-11-,16-15-,19-18-,22-12-,23-21-,34-30-. The SMILES string of the molecule is CC/C=C\C/C=C\C/C=C\C/C=C\C/C=C\CCCC(=O)OC(/C=C\C/C=C\CCCCC)CCCCCCCCC(=O)NCC(=O)NC(CO)C(=O)O. The molecule has 0 bridgehead atoms. The summed E-state index contributed by atoms with van der Waals surface area (Å²) >= 11 is 0. The van der Waals surface area contributed by atoms with E-state index in [4.69, 9.17) is 14.9 Å². The number of hydrogen-bond acceptors (Lipinski definition) is 6. The number of allylic oxidation sites excluding steroid dienone is 13. The minimum atomic E-state index is -1.39. The molecule has 0 aromatic rings. The molecular formula is C45H72N2O7. The van der Waals surface area contributed by atoms with E-state index < -0.39 is 24.5 Å². The second kappa shape index (κ2) is 38.7. The molecule has 0 spiro atoms. The molecule has 4 N–H and O–H groups in total. The second-order valence-electron chi connectivity index (χ2n) is 13.3. The number of nitrogens with one attached hydrogen (secondary N) is 2. The topological polar surface area (TPSA) is 142 Å². The molecule has 2 amide bonds. The van der Waals surface area contributed by atoms with Gasteiger partial charge in [0.05, 0.1) is 13.2 Å². The quantitative estimate of drug-likeness (QED) is 0.0287. The van der Waals surface area contributed by atoms with E-state index in [-0.39, 0.29) is 30.9 Å².